The average Bonchev–Trinajstić information content (AvgIpc) is 2.41. The van der Waals surface area contributed by atoms with Crippen LogP contribution in [0.25, 0.3) is 0 Å². The highest BCUT2D eigenvalue weighted by molar-refractivity contribution is 7.80. The van der Waals surface area contributed by atoms with Gasteiger partial charge in [-0.1, -0.05) is 12.2 Å². The van der Waals surface area contributed by atoms with Crippen LogP contribution in [0.4, 0.5) is 0 Å². The van der Waals surface area contributed by atoms with E-state index in [0.717, 1.165) is 52.2 Å². The highest BCUT2D eigenvalue weighted by atomic mass is 32.1. The minimum Gasteiger partial charge on any atom is -0.393 e. The maximum Gasteiger partial charge on any atom is 0.166 e. The molecule has 5 nitrogen and oxygen atoms in total. The summed E-state index contributed by atoms with van der Waals surface area (Å²) in [7, 11) is 0. The van der Waals surface area contributed by atoms with Crippen molar-refractivity contribution in [1.29, 1.82) is 0 Å². The molecular formula is C11H22N4OS2. The third kappa shape index (κ3) is 5.90. The molecule has 0 amide bonds. The first-order valence-corrected chi connectivity index (χ1v) is 7.05. The highest BCUT2D eigenvalue weighted by Gasteiger charge is 2.14. The minimum absolute atomic E-state index is 0.485. The Hall–Kier alpha value is -0.500. The van der Waals surface area contributed by atoms with E-state index in [4.69, 9.17) is 40.6 Å². The molecule has 0 radical (unpaired) electrons. The van der Waals surface area contributed by atoms with Crippen molar-refractivity contribution in [2.75, 3.05) is 39.4 Å². The molecule has 2 rings (SSSR count). The van der Waals surface area contributed by atoms with E-state index in [1.807, 2.05) is 4.90 Å². The number of ether oxygens (including phenoxy) is 1. The maximum absolute atomic E-state index is 5.47. The number of hydrogen-bond acceptors (Lipinski definition) is 4. The van der Waals surface area contributed by atoms with E-state index < -0.39 is 0 Å². The van der Waals surface area contributed by atoms with E-state index in [2.05, 4.69) is 5.32 Å². The van der Waals surface area contributed by atoms with Crippen LogP contribution in [-0.4, -0.2) is 54.4 Å². The number of piperidine rings is 1. The number of rotatable bonds is 1. The topological polar surface area (TPSA) is 76.5 Å². The third-order valence-corrected chi connectivity index (χ3v) is 3.66. The van der Waals surface area contributed by atoms with Crippen LogP contribution < -0.4 is 16.8 Å². The predicted octanol–water partition coefficient (Wildman–Crippen LogP) is -0.166. The number of nitrogens with two attached hydrogens (primary N) is 2. The fourth-order valence-electron chi connectivity index (χ4n) is 1.89. The van der Waals surface area contributed by atoms with Gasteiger partial charge in [0.05, 0.1) is 18.2 Å². The van der Waals surface area contributed by atoms with Gasteiger partial charge >= 0.3 is 0 Å². The van der Waals surface area contributed by atoms with E-state index in [9.17, 15) is 0 Å². The molecule has 5 N–H and O–H groups in total. The molecule has 18 heavy (non-hydrogen) atoms. The Labute approximate surface area is 119 Å². The molecule has 2 saturated heterocycles. The van der Waals surface area contributed by atoms with Crippen LogP contribution in [-0.2, 0) is 4.74 Å². The normalized spacial score (nSPS) is 20.8. The molecular weight excluding hydrogens is 268 g/mol. The SMILES string of the molecule is NC(=S)C1CCNCC1.NC(=S)N1CCOCC1. The van der Waals surface area contributed by atoms with Crippen LogP contribution in [0.1, 0.15) is 12.8 Å². The first kappa shape index (κ1) is 15.6. The van der Waals surface area contributed by atoms with Gasteiger partial charge in [0.1, 0.15) is 0 Å². The molecule has 2 aliphatic heterocycles. The maximum atomic E-state index is 5.47. The molecule has 0 aromatic heterocycles. The molecule has 7 heteroatoms. The van der Waals surface area contributed by atoms with Crippen molar-refractivity contribution in [2.24, 2.45) is 17.4 Å². The van der Waals surface area contributed by atoms with Crippen molar-refractivity contribution in [3.63, 3.8) is 0 Å². The lowest BCUT2D eigenvalue weighted by Crippen LogP contribution is -2.43. The van der Waals surface area contributed by atoms with Gasteiger partial charge < -0.3 is 26.4 Å². The highest BCUT2D eigenvalue weighted by Crippen LogP contribution is 2.10. The summed E-state index contributed by atoms with van der Waals surface area (Å²) < 4.78 is 5.09. The summed E-state index contributed by atoms with van der Waals surface area (Å²) in [5, 5.41) is 3.74. The van der Waals surface area contributed by atoms with Gasteiger partial charge in [0.2, 0.25) is 0 Å². The van der Waals surface area contributed by atoms with Gasteiger partial charge in [-0.15, -0.1) is 0 Å². The van der Waals surface area contributed by atoms with Crippen molar-refractivity contribution in [3.8, 4) is 0 Å². The Bertz CT molecular complexity index is 248. The molecule has 2 heterocycles. The molecule has 0 spiro atoms. The lowest BCUT2D eigenvalue weighted by molar-refractivity contribution is 0.0686. The second-order valence-corrected chi connectivity index (χ2v) is 5.25. The zero-order valence-corrected chi connectivity index (χ0v) is 12.2. The Morgan fingerprint density at radius 3 is 2.00 bits per heavy atom. The fraction of sp³-hybridized carbons (Fsp3) is 0.818. The molecule has 0 unspecified atom stereocenters. The Kier molecular flexibility index (Phi) is 7.41. The Morgan fingerprint density at radius 1 is 1.11 bits per heavy atom. The molecule has 0 aromatic rings. The van der Waals surface area contributed by atoms with Crippen LogP contribution in [0, 0.1) is 5.92 Å². The molecule has 2 fully saturated rings. The van der Waals surface area contributed by atoms with E-state index >= 15 is 0 Å². The zero-order valence-electron chi connectivity index (χ0n) is 10.6. The van der Waals surface area contributed by atoms with Crippen LogP contribution >= 0.6 is 24.4 Å². The van der Waals surface area contributed by atoms with Crippen molar-refractivity contribution < 1.29 is 4.74 Å². The molecule has 0 saturated carbocycles. The first-order valence-electron chi connectivity index (χ1n) is 6.23. The monoisotopic (exact) mass is 290 g/mol. The van der Waals surface area contributed by atoms with E-state index in [1.165, 1.54) is 0 Å². The van der Waals surface area contributed by atoms with Gasteiger partial charge in [-0.2, -0.15) is 0 Å². The summed E-state index contributed by atoms with van der Waals surface area (Å²) in [4.78, 5) is 2.63. The molecule has 0 aliphatic carbocycles. The van der Waals surface area contributed by atoms with Gasteiger partial charge in [0.25, 0.3) is 0 Å². The summed E-state index contributed by atoms with van der Waals surface area (Å²) in [6.07, 6.45) is 2.24. The van der Waals surface area contributed by atoms with Gasteiger partial charge in [0.15, 0.2) is 5.11 Å². The summed E-state index contributed by atoms with van der Waals surface area (Å²) in [6, 6.07) is 0. The average molecular weight is 290 g/mol. The summed E-state index contributed by atoms with van der Waals surface area (Å²) in [5.41, 5.74) is 10.8. The smallest absolute Gasteiger partial charge is 0.166 e. The lowest BCUT2D eigenvalue weighted by atomic mass is 9.99. The fourth-order valence-corrected chi connectivity index (χ4v) is 2.31. The van der Waals surface area contributed by atoms with E-state index in [0.29, 0.717) is 16.0 Å². The van der Waals surface area contributed by atoms with Gasteiger partial charge in [-0.25, -0.2) is 0 Å². The van der Waals surface area contributed by atoms with Gasteiger partial charge in [0, 0.05) is 19.0 Å². The number of morpholine rings is 1. The van der Waals surface area contributed by atoms with E-state index in [1.54, 1.807) is 0 Å². The largest absolute Gasteiger partial charge is 0.393 e. The summed E-state index contributed by atoms with van der Waals surface area (Å²) >= 11 is 9.63. The molecule has 2 aliphatic rings. The molecule has 0 atom stereocenters. The van der Waals surface area contributed by atoms with Crippen LogP contribution in [0.5, 0.6) is 0 Å². The first-order chi connectivity index (χ1) is 8.61. The predicted molar refractivity (Wildman–Crippen MR) is 81.6 cm³/mol. The number of nitrogens with one attached hydrogen (secondary N) is 1. The number of hydrogen-bond donors (Lipinski definition) is 3. The second kappa shape index (κ2) is 8.58. The second-order valence-electron chi connectivity index (χ2n) is 4.36. The van der Waals surface area contributed by atoms with Gasteiger partial charge in [-0.05, 0) is 38.1 Å². The summed E-state index contributed by atoms with van der Waals surface area (Å²) in [5.74, 6) is 0.501. The standard InChI is InChI=1S/C6H12N2S.C5H10N2OS/c7-6(9)5-1-3-8-4-2-5;6-5(9)7-1-3-8-4-2-7/h5,8H,1-4H2,(H2,7,9);1-4H2,(H2,6,9). The van der Waals surface area contributed by atoms with Crippen molar-refractivity contribution in [2.45, 2.75) is 12.8 Å². The van der Waals surface area contributed by atoms with Crippen molar-refractivity contribution in [1.82, 2.24) is 10.2 Å². The molecule has 0 bridgehead atoms. The van der Waals surface area contributed by atoms with Crippen molar-refractivity contribution >= 4 is 34.5 Å². The van der Waals surface area contributed by atoms with Crippen LogP contribution in [0.2, 0.25) is 0 Å². The van der Waals surface area contributed by atoms with Crippen molar-refractivity contribution in [3.05, 3.63) is 0 Å². The van der Waals surface area contributed by atoms with Crippen LogP contribution in [0.15, 0.2) is 0 Å². The van der Waals surface area contributed by atoms with E-state index in [-0.39, 0.29) is 0 Å². The van der Waals surface area contributed by atoms with Crippen LogP contribution in [0.3, 0.4) is 0 Å². The molecule has 104 valence electrons. The molecule has 0 aromatic carbocycles. The minimum atomic E-state index is 0.485. The zero-order chi connectivity index (χ0) is 13.4. The Balaban J connectivity index is 0.000000180. The number of thiocarbonyl (C=S) groups is 2. The number of nitrogens with zero attached hydrogens (tertiary/aromatic N) is 1. The Morgan fingerprint density at radius 2 is 1.67 bits per heavy atom. The third-order valence-electron chi connectivity index (χ3n) is 3.06. The summed E-state index contributed by atoms with van der Waals surface area (Å²) in [6.45, 7) is 5.32. The lowest BCUT2D eigenvalue weighted by Gasteiger charge is -2.26. The van der Waals surface area contributed by atoms with Gasteiger partial charge in [-0.3, -0.25) is 0 Å². The quantitative estimate of drug-likeness (QED) is 0.579.